The van der Waals surface area contributed by atoms with Gasteiger partial charge in [-0.3, -0.25) is 14.5 Å². The third kappa shape index (κ3) is 3.72. The van der Waals surface area contributed by atoms with Crippen molar-refractivity contribution >= 4 is 11.8 Å². The summed E-state index contributed by atoms with van der Waals surface area (Å²) >= 11 is 0. The second kappa shape index (κ2) is 8.02. The van der Waals surface area contributed by atoms with Crippen LogP contribution in [0.25, 0.3) is 0 Å². The van der Waals surface area contributed by atoms with Crippen LogP contribution in [0.3, 0.4) is 0 Å². The summed E-state index contributed by atoms with van der Waals surface area (Å²) in [5.41, 5.74) is -0.127. The zero-order valence-electron chi connectivity index (χ0n) is 19.0. The van der Waals surface area contributed by atoms with Crippen molar-refractivity contribution in [3.8, 4) is 0 Å². The maximum Gasteiger partial charge on any atom is 0.245 e. The van der Waals surface area contributed by atoms with Crippen LogP contribution in [0.5, 0.6) is 0 Å². The number of hydrogen-bond acceptors (Lipinski definition) is 4. The minimum Gasteiger partial charge on any atom is -0.377 e. The van der Waals surface area contributed by atoms with E-state index in [1.807, 2.05) is 9.80 Å². The first-order chi connectivity index (χ1) is 15.1. The van der Waals surface area contributed by atoms with Crippen molar-refractivity contribution in [2.45, 2.75) is 76.4 Å². The summed E-state index contributed by atoms with van der Waals surface area (Å²) in [4.78, 5) is 33.9. The highest BCUT2D eigenvalue weighted by molar-refractivity contribution is 5.91. The normalized spacial score (nSPS) is 42.5. The van der Waals surface area contributed by atoms with E-state index in [-0.39, 0.29) is 17.4 Å². The number of likely N-dealkylation sites (tertiary alicyclic amines) is 1. The van der Waals surface area contributed by atoms with Crippen molar-refractivity contribution < 1.29 is 14.3 Å². The number of rotatable bonds is 4. The number of carbonyl (C=O) groups excluding carboxylic acids is 2. The molecular formula is C25H39N3O3. The molecule has 4 aliphatic carbocycles. The van der Waals surface area contributed by atoms with Crippen LogP contribution >= 0.6 is 0 Å². The van der Waals surface area contributed by atoms with Crippen LogP contribution < -0.4 is 0 Å². The maximum absolute atomic E-state index is 13.9. The van der Waals surface area contributed by atoms with E-state index in [0.29, 0.717) is 12.0 Å². The van der Waals surface area contributed by atoms with Crippen LogP contribution in [0.15, 0.2) is 0 Å². The number of carbonyl (C=O) groups is 2. The van der Waals surface area contributed by atoms with E-state index < -0.39 is 0 Å². The molecule has 0 aromatic carbocycles. The van der Waals surface area contributed by atoms with Crippen molar-refractivity contribution in [2.75, 3.05) is 45.9 Å². The first kappa shape index (κ1) is 20.5. The first-order valence-corrected chi connectivity index (χ1v) is 13.0. The third-order valence-electron chi connectivity index (χ3n) is 9.46. The fourth-order valence-corrected chi connectivity index (χ4v) is 8.38. The Kier molecular flexibility index (Phi) is 5.29. The Balaban J connectivity index is 1.08. The number of ether oxygens (including phenoxy) is 1. The highest BCUT2D eigenvalue weighted by Gasteiger charge is 2.57. The molecule has 2 unspecified atom stereocenters. The second-order valence-corrected chi connectivity index (χ2v) is 11.6. The predicted octanol–water partition coefficient (Wildman–Crippen LogP) is 2.52. The van der Waals surface area contributed by atoms with Gasteiger partial charge in [0.05, 0.1) is 11.5 Å². The zero-order chi connectivity index (χ0) is 21.0. The Labute approximate surface area is 186 Å². The van der Waals surface area contributed by atoms with Crippen molar-refractivity contribution in [3.05, 3.63) is 0 Å². The molecule has 2 amide bonds. The maximum atomic E-state index is 13.9. The summed E-state index contributed by atoms with van der Waals surface area (Å²) in [5, 5.41) is 0. The lowest BCUT2D eigenvalue weighted by molar-refractivity contribution is -0.162. The Morgan fingerprint density at radius 1 is 0.839 bits per heavy atom. The van der Waals surface area contributed by atoms with E-state index in [1.165, 1.54) is 32.1 Å². The molecule has 7 rings (SSSR count). The monoisotopic (exact) mass is 429 g/mol. The molecule has 0 radical (unpaired) electrons. The van der Waals surface area contributed by atoms with Gasteiger partial charge < -0.3 is 14.5 Å². The van der Waals surface area contributed by atoms with Gasteiger partial charge in [0.1, 0.15) is 6.04 Å². The highest BCUT2D eigenvalue weighted by atomic mass is 16.5. The average Bonchev–Trinajstić information content (AvgIpc) is 3.44. The lowest BCUT2D eigenvalue weighted by atomic mass is 9.49. The summed E-state index contributed by atoms with van der Waals surface area (Å²) in [7, 11) is 0. The zero-order valence-corrected chi connectivity index (χ0v) is 19.0. The summed E-state index contributed by atoms with van der Waals surface area (Å²) in [6.45, 7) is 6.14. The molecular weight excluding hydrogens is 390 g/mol. The fraction of sp³-hybridized carbons (Fsp3) is 0.920. The molecule has 0 N–H and O–H groups in total. The molecule has 3 heterocycles. The third-order valence-corrected chi connectivity index (χ3v) is 9.46. The van der Waals surface area contributed by atoms with Crippen LogP contribution in [0, 0.1) is 23.2 Å². The van der Waals surface area contributed by atoms with Crippen molar-refractivity contribution in [2.24, 2.45) is 23.2 Å². The van der Waals surface area contributed by atoms with Gasteiger partial charge in [-0.2, -0.15) is 0 Å². The second-order valence-electron chi connectivity index (χ2n) is 11.6. The average molecular weight is 430 g/mol. The van der Waals surface area contributed by atoms with Gasteiger partial charge in [0.15, 0.2) is 0 Å². The lowest BCUT2D eigenvalue weighted by Gasteiger charge is -2.56. The van der Waals surface area contributed by atoms with Crippen LogP contribution in [0.1, 0.15) is 64.2 Å². The molecule has 0 aromatic heterocycles. The Morgan fingerprint density at radius 2 is 1.52 bits per heavy atom. The van der Waals surface area contributed by atoms with Crippen molar-refractivity contribution in [3.63, 3.8) is 0 Å². The molecule has 0 spiro atoms. The molecule has 7 fully saturated rings. The molecule has 4 saturated carbocycles. The van der Waals surface area contributed by atoms with E-state index >= 15 is 0 Å². The molecule has 2 atom stereocenters. The molecule has 6 nitrogen and oxygen atoms in total. The van der Waals surface area contributed by atoms with Crippen LogP contribution in [-0.4, -0.2) is 84.5 Å². The van der Waals surface area contributed by atoms with Crippen LogP contribution in [0.4, 0.5) is 0 Å². The first-order valence-electron chi connectivity index (χ1n) is 13.0. The number of hydrogen-bond donors (Lipinski definition) is 0. The minimum absolute atomic E-state index is 0.127. The van der Waals surface area contributed by atoms with Gasteiger partial charge in [-0.25, -0.2) is 0 Å². The summed E-state index contributed by atoms with van der Waals surface area (Å²) in [6, 6.07) is -0.203. The Morgan fingerprint density at radius 3 is 2.13 bits per heavy atom. The molecule has 7 aliphatic rings. The van der Waals surface area contributed by atoms with Gasteiger partial charge in [0, 0.05) is 45.9 Å². The van der Waals surface area contributed by atoms with Gasteiger partial charge in [-0.05, 0) is 82.0 Å². The quantitative estimate of drug-likeness (QED) is 0.689. The molecule has 31 heavy (non-hydrogen) atoms. The smallest absolute Gasteiger partial charge is 0.245 e. The van der Waals surface area contributed by atoms with Gasteiger partial charge >= 0.3 is 0 Å². The van der Waals surface area contributed by atoms with Gasteiger partial charge in [-0.1, -0.05) is 0 Å². The summed E-state index contributed by atoms with van der Waals surface area (Å²) in [5.74, 6) is 2.86. The van der Waals surface area contributed by atoms with Crippen molar-refractivity contribution in [1.29, 1.82) is 0 Å². The Hall–Kier alpha value is -1.14. The van der Waals surface area contributed by atoms with E-state index in [2.05, 4.69) is 4.90 Å². The minimum atomic E-state index is -0.203. The Bertz CT molecular complexity index is 676. The molecule has 3 saturated heterocycles. The van der Waals surface area contributed by atoms with Crippen LogP contribution in [0.2, 0.25) is 0 Å². The van der Waals surface area contributed by atoms with Gasteiger partial charge in [0.2, 0.25) is 11.8 Å². The number of nitrogens with zero attached hydrogens (tertiary/aromatic N) is 3. The highest BCUT2D eigenvalue weighted by Crippen LogP contribution is 2.60. The summed E-state index contributed by atoms with van der Waals surface area (Å²) in [6.07, 6.45) is 11.9. The summed E-state index contributed by atoms with van der Waals surface area (Å²) < 4.78 is 5.79. The molecule has 172 valence electrons. The molecule has 0 aromatic rings. The molecule has 3 aliphatic heterocycles. The van der Waals surface area contributed by atoms with E-state index in [4.69, 9.17) is 4.74 Å². The van der Waals surface area contributed by atoms with Gasteiger partial charge in [0.25, 0.3) is 0 Å². The lowest BCUT2D eigenvalue weighted by Crippen LogP contribution is -2.59. The molecule has 4 bridgehead atoms. The SMILES string of the molecule is O=C(C1CCCN1C(=O)C12CC3CC(CC(C3)C1)C2)N1CCN(CC2CCCO2)CC1. The van der Waals surface area contributed by atoms with E-state index in [0.717, 1.165) is 95.7 Å². The largest absolute Gasteiger partial charge is 0.377 e. The fourth-order valence-electron chi connectivity index (χ4n) is 8.38. The standard InChI is InChI=1S/C25H39N3O3/c29-23(27-8-6-26(7-9-27)17-21-3-2-10-31-21)22-4-1-5-28(22)24(30)25-14-18-11-19(15-25)13-20(12-18)16-25/h18-22H,1-17H2. The predicted molar refractivity (Wildman–Crippen MR) is 117 cm³/mol. The van der Waals surface area contributed by atoms with E-state index in [9.17, 15) is 9.59 Å². The number of piperazine rings is 1. The van der Waals surface area contributed by atoms with Crippen LogP contribution in [-0.2, 0) is 14.3 Å². The topological polar surface area (TPSA) is 53.1 Å². The molecule has 6 heteroatoms. The van der Waals surface area contributed by atoms with Gasteiger partial charge in [-0.15, -0.1) is 0 Å². The van der Waals surface area contributed by atoms with E-state index in [1.54, 1.807) is 0 Å². The number of amides is 2. The van der Waals surface area contributed by atoms with Crippen molar-refractivity contribution in [1.82, 2.24) is 14.7 Å².